The summed E-state index contributed by atoms with van der Waals surface area (Å²) in [6, 6.07) is 9.81. The third kappa shape index (κ3) is 1.71. The van der Waals surface area contributed by atoms with Gasteiger partial charge in [0, 0.05) is 11.6 Å². The molecule has 64 valence electrons. The Balaban J connectivity index is 2.69. The van der Waals surface area contributed by atoms with Crippen LogP contribution in [-0.2, 0) is 0 Å². The second-order valence-corrected chi connectivity index (χ2v) is 3.87. The van der Waals surface area contributed by atoms with Gasteiger partial charge in [0.1, 0.15) is 0 Å². The van der Waals surface area contributed by atoms with E-state index in [1.54, 1.807) is 6.20 Å². The molecule has 2 aromatic rings. The molecular formula is C10H7NS2. The van der Waals surface area contributed by atoms with Crippen LogP contribution in [0, 0.1) is 0 Å². The number of hydrogen-bond acceptors (Lipinski definition) is 2. The van der Waals surface area contributed by atoms with Crippen molar-refractivity contribution in [3.8, 4) is 0 Å². The fraction of sp³-hybridized carbons (Fsp3) is 0. The van der Waals surface area contributed by atoms with Crippen LogP contribution in [0.4, 0.5) is 0 Å². The van der Waals surface area contributed by atoms with Gasteiger partial charge in [-0.15, -0.1) is 12.6 Å². The topological polar surface area (TPSA) is 12.9 Å². The van der Waals surface area contributed by atoms with Gasteiger partial charge >= 0.3 is 0 Å². The number of hydrogen-bond donors (Lipinski definition) is 1. The Labute approximate surface area is 87.2 Å². The monoisotopic (exact) mass is 205 g/mol. The van der Waals surface area contributed by atoms with E-state index in [1.165, 1.54) is 0 Å². The minimum absolute atomic E-state index is 0.616. The van der Waals surface area contributed by atoms with Crippen LogP contribution in [0.15, 0.2) is 36.5 Å². The zero-order valence-electron chi connectivity index (χ0n) is 6.77. The molecule has 1 nitrogen and oxygen atoms in total. The Bertz CT molecular complexity index is 465. The summed E-state index contributed by atoms with van der Waals surface area (Å²) in [5.41, 5.74) is 1.95. The lowest BCUT2D eigenvalue weighted by atomic mass is 10.1. The Kier molecular flexibility index (Phi) is 2.29. The summed E-state index contributed by atoms with van der Waals surface area (Å²) < 4.78 is 0.616. The van der Waals surface area contributed by atoms with Crippen molar-refractivity contribution in [1.82, 2.24) is 4.98 Å². The lowest BCUT2D eigenvalue weighted by Crippen LogP contribution is -1.87. The first kappa shape index (κ1) is 8.66. The van der Waals surface area contributed by atoms with E-state index in [0.717, 1.165) is 16.5 Å². The second-order valence-electron chi connectivity index (χ2n) is 2.72. The lowest BCUT2D eigenvalue weighted by molar-refractivity contribution is 1.41. The number of pyridine rings is 1. The molecule has 0 fully saturated rings. The standard InChI is InChI=1S/C10H7NS2/c12-10(13)8-3-4-9-7(6-8)2-1-5-11-9/h1-6H,(H,12,13). The fourth-order valence-corrected chi connectivity index (χ4v) is 1.47. The van der Waals surface area contributed by atoms with E-state index in [1.807, 2.05) is 30.3 Å². The molecule has 0 atom stereocenters. The number of thiol groups is 1. The van der Waals surface area contributed by atoms with Gasteiger partial charge in [0.15, 0.2) is 0 Å². The minimum Gasteiger partial charge on any atom is -0.256 e. The Morgan fingerprint density at radius 1 is 1.31 bits per heavy atom. The third-order valence-corrected chi connectivity index (χ3v) is 2.34. The molecule has 0 N–H and O–H groups in total. The first-order chi connectivity index (χ1) is 6.27. The van der Waals surface area contributed by atoms with Gasteiger partial charge in [0.05, 0.1) is 9.71 Å². The second kappa shape index (κ2) is 3.44. The summed E-state index contributed by atoms with van der Waals surface area (Å²) in [5.74, 6) is 0. The van der Waals surface area contributed by atoms with Gasteiger partial charge in [-0.25, -0.2) is 0 Å². The highest BCUT2D eigenvalue weighted by atomic mass is 32.1. The quantitative estimate of drug-likeness (QED) is 0.568. The van der Waals surface area contributed by atoms with Crippen molar-refractivity contribution in [3.05, 3.63) is 42.1 Å². The molecule has 1 aromatic heterocycles. The van der Waals surface area contributed by atoms with Gasteiger partial charge in [0.2, 0.25) is 0 Å². The van der Waals surface area contributed by atoms with Gasteiger partial charge in [-0.2, -0.15) is 0 Å². The molecule has 0 bridgehead atoms. The summed E-state index contributed by atoms with van der Waals surface area (Å²) in [7, 11) is 0. The molecule has 0 saturated carbocycles. The molecule has 1 heterocycles. The van der Waals surface area contributed by atoms with Crippen molar-refractivity contribution < 1.29 is 0 Å². The molecule has 0 saturated heterocycles. The van der Waals surface area contributed by atoms with E-state index in [4.69, 9.17) is 12.2 Å². The minimum atomic E-state index is 0.616. The number of aromatic nitrogens is 1. The molecule has 0 unspecified atom stereocenters. The smallest absolute Gasteiger partial charge is 0.0748 e. The van der Waals surface area contributed by atoms with Gasteiger partial charge in [-0.3, -0.25) is 4.98 Å². The van der Waals surface area contributed by atoms with E-state index < -0.39 is 0 Å². The first-order valence-electron chi connectivity index (χ1n) is 3.85. The predicted octanol–water partition coefficient (Wildman–Crippen LogP) is 2.84. The molecule has 0 radical (unpaired) electrons. The summed E-state index contributed by atoms with van der Waals surface area (Å²) in [6.07, 6.45) is 1.78. The maximum absolute atomic E-state index is 4.97. The SMILES string of the molecule is S=C(S)c1ccc2ncccc2c1. The number of rotatable bonds is 1. The molecule has 0 amide bonds. The van der Waals surface area contributed by atoms with E-state index in [0.29, 0.717) is 4.20 Å². The van der Waals surface area contributed by atoms with Crippen LogP contribution in [0.5, 0.6) is 0 Å². The summed E-state index contributed by atoms with van der Waals surface area (Å²) >= 11 is 9.09. The molecule has 0 aliphatic heterocycles. The molecule has 0 aliphatic rings. The Hall–Kier alpha value is -0.930. The van der Waals surface area contributed by atoms with Gasteiger partial charge in [0.25, 0.3) is 0 Å². The van der Waals surface area contributed by atoms with Crippen LogP contribution >= 0.6 is 24.8 Å². The maximum Gasteiger partial charge on any atom is 0.0748 e. The van der Waals surface area contributed by atoms with Gasteiger partial charge in [-0.05, 0) is 23.8 Å². The van der Waals surface area contributed by atoms with Crippen LogP contribution in [-0.4, -0.2) is 9.18 Å². The molecule has 2 rings (SSSR count). The highest BCUT2D eigenvalue weighted by Crippen LogP contribution is 2.14. The summed E-state index contributed by atoms with van der Waals surface area (Å²) in [6.45, 7) is 0. The van der Waals surface area contributed by atoms with Crippen molar-refractivity contribution in [2.45, 2.75) is 0 Å². The average molecular weight is 205 g/mol. The van der Waals surface area contributed by atoms with Crippen LogP contribution in [0.1, 0.15) is 5.56 Å². The molecule has 13 heavy (non-hydrogen) atoms. The number of benzene rings is 1. The Morgan fingerprint density at radius 3 is 2.92 bits per heavy atom. The largest absolute Gasteiger partial charge is 0.256 e. The van der Waals surface area contributed by atoms with Crippen LogP contribution < -0.4 is 0 Å². The lowest BCUT2D eigenvalue weighted by Gasteiger charge is -1.99. The Morgan fingerprint density at radius 2 is 2.15 bits per heavy atom. The highest BCUT2D eigenvalue weighted by molar-refractivity contribution is 8.11. The van der Waals surface area contributed by atoms with Gasteiger partial charge < -0.3 is 0 Å². The molecular weight excluding hydrogens is 198 g/mol. The first-order valence-corrected chi connectivity index (χ1v) is 4.71. The molecule has 0 aliphatic carbocycles. The van der Waals surface area contributed by atoms with Crippen molar-refractivity contribution in [1.29, 1.82) is 0 Å². The molecule has 0 spiro atoms. The van der Waals surface area contributed by atoms with E-state index >= 15 is 0 Å². The van der Waals surface area contributed by atoms with Gasteiger partial charge in [-0.1, -0.05) is 24.4 Å². The fourth-order valence-electron chi connectivity index (χ4n) is 1.21. The maximum atomic E-state index is 4.97. The van der Waals surface area contributed by atoms with Crippen LogP contribution in [0.2, 0.25) is 0 Å². The van der Waals surface area contributed by atoms with Crippen molar-refractivity contribution in [2.24, 2.45) is 0 Å². The average Bonchev–Trinajstić information content (AvgIpc) is 2.17. The zero-order chi connectivity index (χ0) is 9.26. The number of nitrogens with zero attached hydrogens (tertiary/aromatic N) is 1. The van der Waals surface area contributed by atoms with Crippen molar-refractivity contribution >= 4 is 39.9 Å². The normalized spacial score (nSPS) is 10.2. The number of fused-ring (bicyclic) bond motifs is 1. The predicted molar refractivity (Wildman–Crippen MR) is 62.4 cm³/mol. The molecule has 3 heteroatoms. The van der Waals surface area contributed by atoms with E-state index in [2.05, 4.69) is 17.6 Å². The number of thiocarbonyl (C=S) groups is 1. The van der Waals surface area contributed by atoms with Crippen molar-refractivity contribution in [3.63, 3.8) is 0 Å². The van der Waals surface area contributed by atoms with Crippen molar-refractivity contribution in [2.75, 3.05) is 0 Å². The third-order valence-electron chi connectivity index (χ3n) is 1.85. The summed E-state index contributed by atoms with van der Waals surface area (Å²) in [5, 5.41) is 1.09. The summed E-state index contributed by atoms with van der Waals surface area (Å²) in [4.78, 5) is 4.21. The molecule has 1 aromatic carbocycles. The van der Waals surface area contributed by atoms with E-state index in [-0.39, 0.29) is 0 Å². The van der Waals surface area contributed by atoms with Crippen LogP contribution in [0.3, 0.4) is 0 Å². The van der Waals surface area contributed by atoms with Crippen LogP contribution in [0.25, 0.3) is 10.9 Å². The zero-order valence-corrected chi connectivity index (χ0v) is 8.48. The highest BCUT2D eigenvalue weighted by Gasteiger charge is 1.97. The van der Waals surface area contributed by atoms with E-state index in [9.17, 15) is 0 Å².